The average molecular weight is 234 g/mol. The van der Waals surface area contributed by atoms with Crippen molar-refractivity contribution >= 4 is 11.6 Å². The van der Waals surface area contributed by atoms with Crippen molar-refractivity contribution in [3.05, 3.63) is 29.8 Å². The van der Waals surface area contributed by atoms with Crippen LogP contribution in [0.4, 0.5) is 5.69 Å². The van der Waals surface area contributed by atoms with Gasteiger partial charge in [-0.25, -0.2) is 0 Å². The van der Waals surface area contributed by atoms with Gasteiger partial charge in [0.05, 0.1) is 0 Å². The van der Waals surface area contributed by atoms with E-state index in [0.29, 0.717) is 18.9 Å². The standard InChI is InChI=1S/C14H22N2O/c1-11(2)10-14(17)16(3)13-6-4-12(5-7-13)8-9-15/h4-7,11H,8-10,15H2,1-3H3. The second kappa shape index (κ2) is 6.40. The lowest BCUT2D eigenvalue weighted by molar-refractivity contribution is -0.119. The monoisotopic (exact) mass is 234 g/mol. The first-order valence-electron chi connectivity index (χ1n) is 6.10. The minimum Gasteiger partial charge on any atom is -0.330 e. The molecule has 0 saturated carbocycles. The van der Waals surface area contributed by atoms with Crippen molar-refractivity contribution in [3.63, 3.8) is 0 Å². The Morgan fingerprint density at radius 1 is 1.29 bits per heavy atom. The van der Waals surface area contributed by atoms with Crippen LogP contribution in [0.2, 0.25) is 0 Å². The van der Waals surface area contributed by atoms with Gasteiger partial charge in [-0.3, -0.25) is 4.79 Å². The molecule has 0 spiro atoms. The summed E-state index contributed by atoms with van der Waals surface area (Å²) < 4.78 is 0. The molecular weight excluding hydrogens is 212 g/mol. The minimum atomic E-state index is 0.159. The molecule has 0 radical (unpaired) electrons. The van der Waals surface area contributed by atoms with E-state index in [1.165, 1.54) is 5.56 Å². The Bertz CT molecular complexity index is 357. The van der Waals surface area contributed by atoms with Gasteiger partial charge >= 0.3 is 0 Å². The number of rotatable bonds is 5. The highest BCUT2D eigenvalue weighted by Crippen LogP contribution is 2.16. The van der Waals surface area contributed by atoms with E-state index in [1.807, 2.05) is 31.3 Å². The minimum absolute atomic E-state index is 0.159. The molecule has 1 amide bonds. The third-order valence-electron chi connectivity index (χ3n) is 2.71. The smallest absolute Gasteiger partial charge is 0.226 e. The molecule has 1 aromatic carbocycles. The Labute approximate surface area is 104 Å². The number of nitrogens with two attached hydrogens (primary N) is 1. The van der Waals surface area contributed by atoms with Crippen LogP contribution in [0.1, 0.15) is 25.8 Å². The molecule has 94 valence electrons. The van der Waals surface area contributed by atoms with E-state index >= 15 is 0 Å². The lowest BCUT2D eigenvalue weighted by atomic mass is 10.1. The Morgan fingerprint density at radius 2 is 1.88 bits per heavy atom. The molecule has 1 rings (SSSR count). The van der Waals surface area contributed by atoms with Crippen molar-refractivity contribution in [2.24, 2.45) is 11.7 Å². The van der Waals surface area contributed by atoms with Crippen LogP contribution >= 0.6 is 0 Å². The maximum Gasteiger partial charge on any atom is 0.226 e. The van der Waals surface area contributed by atoms with Gasteiger partial charge < -0.3 is 10.6 Å². The Hall–Kier alpha value is -1.35. The van der Waals surface area contributed by atoms with E-state index in [0.717, 1.165) is 12.1 Å². The summed E-state index contributed by atoms with van der Waals surface area (Å²) in [5, 5.41) is 0. The number of benzene rings is 1. The van der Waals surface area contributed by atoms with Gasteiger partial charge in [-0.05, 0) is 36.6 Å². The molecular formula is C14H22N2O. The predicted octanol–water partition coefficient (Wildman–Crippen LogP) is 2.20. The van der Waals surface area contributed by atoms with Crippen LogP contribution in [0.25, 0.3) is 0 Å². The highest BCUT2D eigenvalue weighted by Gasteiger charge is 2.12. The summed E-state index contributed by atoms with van der Waals surface area (Å²) in [5.41, 5.74) is 7.65. The second-order valence-electron chi connectivity index (χ2n) is 4.76. The third-order valence-corrected chi connectivity index (χ3v) is 2.71. The molecule has 0 bridgehead atoms. The van der Waals surface area contributed by atoms with E-state index in [4.69, 9.17) is 5.73 Å². The van der Waals surface area contributed by atoms with E-state index in [2.05, 4.69) is 13.8 Å². The highest BCUT2D eigenvalue weighted by molar-refractivity contribution is 5.92. The summed E-state index contributed by atoms with van der Waals surface area (Å²) in [6.07, 6.45) is 1.46. The number of carbonyl (C=O) groups is 1. The van der Waals surface area contributed by atoms with E-state index in [1.54, 1.807) is 4.90 Å². The zero-order valence-corrected chi connectivity index (χ0v) is 10.9. The van der Waals surface area contributed by atoms with E-state index < -0.39 is 0 Å². The summed E-state index contributed by atoms with van der Waals surface area (Å²) in [6, 6.07) is 8.01. The maximum absolute atomic E-state index is 11.9. The zero-order chi connectivity index (χ0) is 12.8. The molecule has 0 fully saturated rings. The summed E-state index contributed by atoms with van der Waals surface area (Å²) in [6.45, 7) is 4.76. The lowest BCUT2D eigenvalue weighted by Crippen LogP contribution is -2.27. The van der Waals surface area contributed by atoms with E-state index in [9.17, 15) is 4.79 Å². The predicted molar refractivity (Wildman–Crippen MR) is 72.1 cm³/mol. The number of amides is 1. The van der Waals surface area contributed by atoms with Crippen LogP contribution < -0.4 is 10.6 Å². The van der Waals surface area contributed by atoms with Crippen LogP contribution in [-0.4, -0.2) is 19.5 Å². The molecule has 3 nitrogen and oxygen atoms in total. The largest absolute Gasteiger partial charge is 0.330 e. The van der Waals surface area contributed by atoms with Crippen LogP contribution in [0.15, 0.2) is 24.3 Å². The van der Waals surface area contributed by atoms with Gasteiger partial charge in [-0.1, -0.05) is 26.0 Å². The third kappa shape index (κ3) is 4.19. The molecule has 0 atom stereocenters. The fraction of sp³-hybridized carbons (Fsp3) is 0.500. The molecule has 0 saturated heterocycles. The first kappa shape index (κ1) is 13.7. The van der Waals surface area contributed by atoms with Gasteiger partial charge in [0.1, 0.15) is 0 Å². The van der Waals surface area contributed by atoms with Crippen molar-refractivity contribution in [2.45, 2.75) is 26.7 Å². The number of hydrogen-bond donors (Lipinski definition) is 1. The number of hydrogen-bond acceptors (Lipinski definition) is 2. The molecule has 1 aromatic rings. The summed E-state index contributed by atoms with van der Waals surface area (Å²) >= 11 is 0. The zero-order valence-electron chi connectivity index (χ0n) is 10.9. The Kier molecular flexibility index (Phi) is 5.16. The van der Waals surface area contributed by atoms with Crippen LogP contribution in [0.3, 0.4) is 0 Å². The molecule has 0 heterocycles. The SMILES string of the molecule is CC(C)CC(=O)N(C)c1ccc(CCN)cc1. The van der Waals surface area contributed by atoms with Crippen molar-refractivity contribution < 1.29 is 4.79 Å². The molecule has 0 aliphatic heterocycles. The highest BCUT2D eigenvalue weighted by atomic mass is 16.2. The van der Waals surface area contributed by atoms with Crippen molar-refractivity contribution in [3.8, 4) is 0 Å². The fourth-order valence-corrected chi connectivity index (χ4v) is 1.68. The second-order valence-corrected chi connectivity index (χ2v) is 4.76. The van der Waals surface area contributed by atoms with Gasteiger partial charge in [0.15, 0.2) is 0 Å². The molecule has 17 heavy (non-hydrogen) atoms. The first-order valence-corrected chi connectivity index (χ1v) is 6.10. The summed E-state index contributed by atoms with van der Waals surface area (Å²) in [4.78, 5) is 13.6. The average Bonchev–Trinajstić information content (AvgIpc) is 2.28. The van der Waals surface area contributed by atoms with Gasteiger partial charge in [0, 0.05) is 19.2 Å². The molecule has 0 aliphatic carbocycles. The van der Waals surface area contributed by atoms with Gasteiger partial charge in [0.2, 0.25) is 5.91 Å². The normalized spacial score (nSPS) is 10.6. The van der Waals surface area contributed by atoms with Crippen molar-refractivity contribution in [1.29, 1.82) is 0 Å². The topological polar surface area (TPSA) is 46.3 Å². The summed E-state index contributed by atoms with van der Waals surface area (Å²) in [5.74, 6) is 0.549. The van der Waals surface area contributed by atoms with Crippen molar-refractivity contribution in [1.82, 2.24) is 0 Å². The van der Waals surface area contributed by atoms with Gasteiger partial charge in [-0.2, -0.15) is 0 Å². The number of carbonyl (C=O) groups excluding carboxylic acids is 1. The van der Waals surface area contributed by atoms with Crippen LogP contribution in [0.5, 0.6) is 0 Å². The fourth-order valence-electron chi connectivity index (χ4n) is 1.68. The molecule has 0 unspecified atom stereocenters. The summed E-state index contributed by atoms with van der Waals surface area (Å²) in [7, 11) is 1.82. The number of nitrogens with zero attached hydrogens (tertiary/aromatic N) is 1. The first-order chi connectivity index (χ1) is 8.04. The van der Waals surface area contributed by atoms with Crippen LogP contribution in [0, 0.1) is 5.92 Å². The lowest BCUT2D eigenvalue weighted by Gasteiger charge is -2.18. The van der Waals surface area contributed by atoms with Crippen LogP contribution in [-0.2, 0) is 11.2 Å². The number of anilines is 1. The van der Waals surface area contributed by atoms with Gasteiger partial charge in [-0.15, -0.1) is 0 Å². The van der Waals surface area contributed by atoms with E-state index in [-0.39, 0.29) is 5.91 Å². The van der Waals surface area contributed by atoms with Crippen molar-refractivity contribution in [2.75, 3.05) is 18.5 Å². The Balaban J connectivity index is 2.68. The molecule has 0 aliphatic rings. The molecule has 2 N–H and O–H groups in total. The molecule has 0 aromatic heterocycles. The van der Waals surface area contributed by atoms with Gasteiger partial charge in [0.25, 0.3) is 0 Å². The maximum atomic E-state index is 11.9. The Morgan fingerprint density at radius 3 is 2.35 bits per heavy atom. The quantitative estimate of drug-likeness (QED) is 0.849. The molecule has 3 heteroatoms.